The molecule has 0 saturated heterocycles. The number of rotatable bonds is 6. The normalized spacial score (nSPS) is 11.2. The van der Waals surface area contributed by atoms with E-state index in [0.717, 1.165) is 16.8 Å². The molecule has 0 aliphatic carbocycles. The van der Waals surface area contributed by atoms with Gasteiger partial charge in [0.2, 0.25) is 5.91 Å². The Labute approximate surface area is 183 Å². The minimum Gasteiger partial charge on any atom is -0.485 e. The molecular weight excluding hydrogens is 410 g/mol. The van der Waals surface area contributed by atoms with E-state index in [4.69, 9.17) is 4.74 Å². The maximum atomic E-state index is 12.4. The Morgan fingerprint density at radius 2 is 1.97 bits per heavy atom. The number of amides is 1. The number of hydrogen-bond acceptors (Lipinski definition) is 5. The molecule has 0 bridgehead atoms. The molecule has 7 heteroatoms. The minimum atomic E-state index is -0.258. The maximum Gasteiger partial charge on any atom is 0.259 e. The van der Waals surface area contributed by atoms with Crippen molar-refractivity contribution in [3.8, 4) is 5.75 Å². The Morgan fingerprint density at radius 1 is 1.16 bits per heavy atom. The second-order valence-corrected chi connectivity index (χ2v) is 7.94. The molecule has 0 aliphatic heterocycles. The number of fused-ring (bicyclic) bond motifs is 1. The molecule has 1 amide bonds. The number of benzene rings is 2. The molecule has 0 radical (unpaired) electrons. The monoisotopic (exact) mass is 431 g/mol. The first-order chi connectivity index (χ1) is 15.0. The van der Waals surface area contributed by atoms with Crippen molar-refractivity contribution in [2.75, 3.05) is 5.32 Å². The van der Waals surface area contributed by atoms with Crippen LogP contribution in [0.25, 0.3) is 11.0 Å². The predicted octanol–water partition coefficient (Wildman–Crippen LogP) is 4.60. The van der Waals surface area contributed by atoms with Gasteiger partial charge in [-0.2, -0.15) is 0 Å². The van der Waals surface area contributed by atoms with Gasteiger partial charge in [-0.05, 0) is 43.2 Å². The van der Waals surface area contributed by atoms with Gasteiger partial charge in [-0.1, -0.05) is 36.4 Å². The van der Waals surface area contributed by atoms with E-state index in [1.165, 1.54) is 23.5 Å². The van der Waals surface area contributed by atoms with Crippen LogP contribution in [0.3, 0.4) is 0 Å². The number of hydrogen-bond donors (Lipinski definition) is 1. The predicted molar refractivity (Wildman–Crippen MR) is 124 cm³/mol. The Hall–Kier alpha value is -3.71. The van der Waals surface area contributed by atoms with Gasteiger partial charge >= 0.3 is 0 Å². The van der Waals surface area contributed by atoms with Crippen molar-refractivity contribution < 1.29 is 9.53 Å². The zero-order chi connectivity index (χ0) is 21.8. The van der Waals surface area contributed by atoms with Crippen LogP contribution in [0.1, 0.15) is 22.5 Å². The third kappa shape index (κ3) is 4.90. The first-order valence-corrected chi connectivity index (χ1v) is 10.6. The van der Waals surface area contributed by atoms with Crippen molar-refractivity contribution >= 4 is 34.0 Å². The summed E-state index contributed by atoms with van der Waals surface area (Å²) in [5, 5.41) is 4.76. The van der Waals surface area contributed by atoms with Crippen LogP contribution in [0, 0.1) is 13.8 Å². The molecule has 31 heavy (non-hydrogen) atoms. The van der Waals surface area contributed by atoms with E-state index in [9.17, 15) is 9.59 Å². The molecule has 1 N–H and O–H groups in total. The van der Waals surface area contributed by atoms with Crippen LogP contribution in [-0.2, 0) is 11.4 Å². The van der Waals surface area contributed by atoms with Crippen LogP contribution in [0.15, 0.2) is 70.8 Å². The quantitative estimate of drug-likeness (QED) is 0.453. The standard InChI is InChI=1S/C24H21N3O3S/c1-16-8-10-21(20(12-16)26-22(28)11-9-18-6-4-3-5-7-18)30-14-19-13-23(29)27-17(2)15-31-24(27)25-19/h3-13,15H,14H2,1-2H3,(H,26,28)/b11-9+. The van der Waals surface area contributed by atoms with Crippen LogP contribution in [0.2, 0.25) is 0 Å². The first-order valence-electron chi connectivity index (χ1n) is 9.74. The highest BCUT2D eigenvalue weighted by molar-refractivity contribution is 7.15. The third-order valence-electron chi connectivity index (χ3n) is 4.62. The Balaban J connectivity index is 1.50. The smallest absolute Gasteiger partial charge is 0.259 e. The van der Waals surface area contributed by atoms with Gasteiger partial charge in [0.05, 0.1) is 11.4 Å². The van der Waals surface area contributed by atoms with E-state index in [0.29, 0.717) is 22.1 Å². The largest absolute Gasteiger partial charge is 0.485 e. The average molecular weight is 432 g/mol. The van der Waals surface area contributed by atoms with Crippen LogP contribution < -0.4 is 15.6 Å². The highest BCUT2D eigenvalue weighted by atomic mass is 32.1. The Kier molecular flexibility index (Phi) is 5.95. The van der Waals surface area contributed by atoms with Gasteiger partial charge in [0, 0.05) is 23.2 Å². The summed E-state index contributed by atoms with van der Waals surface area (Å²) in [5.74, 6) is 0.252. The fraction of sp³-hybridized carbons (Fsp3) is 0.125. The lowest BCUT2D eigenvalue weighted by Crippen LogP contribution is -2.16. The number of nitrogens with one attached hydrogen (secondary N) is 1. The maximum absolute atomic E-state index is 12.4. The van der Waals surface area contributed by atoms with E-state index in [-0.39, 0.29) is 18.1 Å². The topological polar surface area (TPSA) is 72.7 Å². The molecule has 0 unspecified atom stereocenters. The van der Waals surface area contributed by atoms with Crippen molar-refractivity contribution in [3.63, 3.8) is 0 Å². The molecule has 2 aromatic carbocycles. The summed E-state index contributed by atoms with van der Waals surface area (Å²) in [6.07, 6.45) is 3.23. The molecule has 0 atom stereocenters. The third-order valence-corrected chi connectivity index (χ3v) is 5.57. The summed E-state index contributed by atoms with van der Waals surface area (Å²) in [7, 11) is 0. The van der Waals surface area contributed by atoms with Gasteiger partial charge in [0.1, 0.15) is 12.4 Å². The molecule has 4 rings (SSSR count). The lowest BCUT2D eigenvalue weighted by molar-refractivity contribution is -0.111. The van der Waals surface area contributed by atoms with Gasteiger partial charge < -0.3 is 10.1 Å². The molecule has 6 nitrogen and oxygen atoms in total. The number of anilines is 1. The second kappa shape index (κ2) is 8.97. The number of aromatic nitrogens is 2. The van der Waals surface area contributed by atoms with Crippen LogP contribution in [-0.4, -0.2) is 15.3 Å². The van der Waals surface area contributed by atoms with E-state index in [1.54, 1.807) is 16.5 Å². The van der Waals surface area contributed by atoms with Crippen LogP contribution in [0.4, 0.5) is 5.69 Å². The molecule has 0 fully saturated rings. The summed E-state index contributed by atoms with van der Waals surface area (Å²) < 4.78 is 7.48. The van der Waals surface area contributed by atoms with Crippen molar-refractivity contribution in [2.45, 2.75) is 20.5 Å². The number of ether oxygens (including phenoxy) is 1. The van der Waals surface area contributed by atoms with Gasteiger partial charge in [-0.15, -0.1) is 11.3 Å². The molecule has 2 aromatic heterocycles. The highest BCUT2D eigenvalue weighted by Gasteiger charge is 2.10. The average Bonchev–Trinajstić information content (AvgIpc) is 3.13. The van der Waals surface area contributed by atoms with E-state index >= 15 is 0 Å². The zero-order valence-electron chi connectivity index (χ0n) is 17.2. The Bertz CT molecular complexity index is 1320. The number of carbonyl (C=O) groups is 1. The molecule has 2 heterocycles. The summed E-state index contributed by atoms with van der Waals surface area (Å²) in [5.41, 5.74) is 3.75. The molecular formula is C24H21N3O3S. The minimum absolute atomic E-state index is 0.120. The van der Waals surface area contributed by atoms with Crippen molar-refractivity contribution in [3.05, 3.63) is 98.9 Å². The number of nitrogens with zero attached hydrogens (tertiary/aromatic N) is 2. The second-order valence-electron chi connectivity index (χ2n) is 7.10. The van der Waals surface area contributed by atoms with Gasteiger partial charge in [0.25, 0.3) is 5.56 Å². The number of thiazole rings is 1. The molecule has 0 spiro atoms. The van der Waals surface area contributed by atoms with Crippen LogP contribution >= 0.6 is 11.3 Å². The lowest BCUT2D eigenvalue weighted by Gasteiger charge is -2.12. The first kappa shape index (κ1) is 20.6. The van der Waals surface area contributed by atoms with Crippen LogP contribution in [0.5, 0.6) is 5.75 Å². The Morgan fingerprint density at radius 3 is 2.77 bits per heavy atom. The van der Waals surface area contributed by atoms with Gasteiger partial charge in [-0.25, -0.2) is 4.98 Å². The summed E-state index contributed by atoms with van der Waals surface area (Å²) in [4.78, 5) is 29.9. The molecule has 0 aliphatic rings. The van der Waals surface area contributed by atoms with Crippen molar-refractivity contribution in [2.24, 2.45) is 0 Å². The van der Waals surface area contributed by atoms with Crippen molar-refractivity contribution in [1.82, 2.24) is 9.38 Å². The summed E-state index contributed by atoms with van der Waals surface area (Å²) in [6.45, 7) is 3.93. The fourth-order valence-corrected chi connectivity index (χ4v) is 4.00. The lowest BCUT2D eigenvalue weighted by atomic mass is 10.2. The van der Waals surface area contributed by atoms with Gasteiger partial charge in [0.15, 0.2) is 4.96 Å². The molecule has 156 valence electrons. The van der Waals surface area contributed by atoms with E-state index < -0.39 is 0 Å². The van der Waals surface area contributed by atoms with Gasteiger partial charge in [-0.3, -0.25) is 14.0 Å². The van der Waals surface area contributed by atoms with Crippen molar-refractivity contribution in [1.29, 1.82) is 0 Å². The number of carbonyl (C=O) groups excluding carboxylic acids is 1. The SMILES string of the molecule is Cc1ccc(OCc2cc(=O)n3c(C)csc3n2)c(NC(=O)/C=C/c2ccccc2)c1. The molecule has 0 saturated carbocycles. The number of aryl methyl sites for hydroxylation is 2. The summed E-state index contributed by atoms with van der Waals surface area (Å²) >= 11 is 1.41. The summed E-state index contributed by atoms with van der Waals surface area (Å²) in [6, 6.07) is 16.6. The zero-order valence-corrected chi connectivity index (χ0v) is 18.0. The highest BCUT2D eigenvalue weighted by Crippen LogP contribution is 2.26. The van der Waals surface area contributed by atoms with E-state index in [2.05, 4.69) is 10.3 Å². The fourth-order valence-electron chi connectivity index (χ4n) is 3.10. The van der Waals surface area contributed by atoms with E-state index in [1.807, 2.05) is 61.7 Å². The molecule has 4 aromatic rings.